The molecule has 0 fully saturated rings. The number of nitrogens with one attached hydrogen (secondary N) is 2. The Bertz CT molecular complexity index is 865. The standard InChI is InChI=1S/C21H25ClN2O2.ClH/c1-3-25-20-12-15(11-18(22)21(20)26-4-2)13-23-10-9-16-14-24-19-8-6-5-7-17(16)19;/h5-8,11-12,14,23-24H,3-4,9-10,13H2,1-2H3;1H. The molecule has 2 aromatic carbocycles. The number of H-pyrrole nitrogens is 1. The molecule has 0 saturated carbocycles. The largest absolute Gasteiger partial charge is 0.490 e. The zero-order valence-electron chi connectivity index (χ0n) is 15.7. The summed E-state index contributed by atoms with van der Waals surface area (Å²) in [6.45, 7) is 6.64. The predicted octanol–water partition coefficient (Wildman–Crippen LogP) is 5.37. The van der Waals surface area contributed by atoms with Crippen LogP contribution in [-0.2, 0) is 13.0 Å². The van der Waals surface area contributed by atoms with Crippen molar-refractivity contribution in [3.8, 4) is 11.5 Å². The van der Waals surface area contributed by atoms with Gasteiger partial charge < -0.3 is 19.8 Å². The van der Waals surface area contributed by atoms with E-state index in [0.717, 1.165) is 25.1 Å². The summed E-state index contributed by atoms with van der Waals surface area (Å²) >= 11 is 6.37. The lowest BCUT2D eigenvalue weighted by Gasteiger charge is -2.14. The molecular weight excluding hydrogens is 383 g/mol. The zero-order valence-corrected chi connectivity index (χ0v) is 17.3. The second-order valence-electron chi connectivity index (χ2n) is 6.06. The van der Waals surface area contributed by atoms with Gasteiger partial charge in [-0.1, -0.05) is 29.8 Å². The second kappa shape index (κ2) is 10.5. The minimum absolute atomic E-state index is 0. The van der Waals surface area contributed by atoms with E-state index in [-0.39, 0.29) is 12.4 Å². The molecule has 0 unspecified atom stereocenters. The zero-order chi connectivity index (χ0) is 18.4. The van der Waals surface area contributed by atoms with Crippen molar-refractivity contribution in [2.24, 2.45) is 0 Å². The quantitative estimate of drug-likeness (QED) is 0.467. The molecule has 0 aliphatic rings. The van der Waals surface area contributed by atoms with Gasteiger partial charge in [-0.2, -0.15) is 0 Å². The Kier molecular flexibility index (Phi) is 8.29. The highest BCUT2D eigenvalue weighted by molar-refractivity contribution is 6.32. The first-order valence-corrected chi connectivity index (χ1v) is 9.44. The van der Waals surface area contributed by atoms with Crippen molar-refractivity contribution >= 4 is 34.9 Å². The lowest BCUT2D eigenvalue weighted by atomic mass is 10.1. The van der Waals surface area contributed by atoms with Crippen molar-refractivity contribution in [1.29, 1.82) is 0 Å². The molecule has 0 atom stereocenters. The van der Waals surface area contributed by atoms with Crippen molar-refractivity contribution in [2.75, 3.05) is 19.8 Å². The number of aromatic amines is 1. The van der Waals surface area contributed by atoms with Gasteiger partial charge in [-0.3, -0.25) is 0 Å². The molecule has 1 heterocycles. The molecule has 0 spiro atoms. The average Bonchev–Trinajstić information content (AvgIpc) is 3.05. The molecule has 3 rings (SSSR count). The van der Waals surface area contributed by atoms with Crippen molar-refractivity contribution in [3.63, 3.8) is 0 Å². The molecule has 0 amide bonds. The Labute approximate surface area is 171 Å². The number of hydrogen-bond donors (Lipinski definition) is 2. The number of aromatic nitrogens is 1. The molecule has 27 heavy (non-hydrogen) atoms. The molecule has 1 aromatic heterocycles. The number of halogens is 2. The Morgan fingerprint density at radius 1 is 1.07 bits per heavy atom. The monoisotopic (exact) mass is 408 g/mol. The molecule has 4 nitrogen and oxygen atoms in total. The van der Waals surface area contributed by atoms with Gasteiger partial charge in [-0.15, -0.1) is 12.4 Å². The summed E-state index contributed by atoms with van der Waals surface area (Å²) in [5, 5.41) is 5.36. The van der Waals surface area contributed by atoms with Crippen LogP contribution in [0.25, 0.3) is 10.9 Å². The average molecular weight is 409 g/mol. The molecule has 0 aliphatic heterocycles. The molecule has 2 N–H and O–H groups in total. The van der Waals surface area contributed by atoms with Crippen LogP contribution in [0.4, 0.5) is 0 Å². The predicted molar refractivity (Wildman–Crippen MR) is 115 cm³/mol. The van der Waals surface area contributed by atoms with E-state index in [1.807, 2.05) is 32.0 Å². The Morgan fingerprint density at radius 3 is 2.63 bits per heavy atom. The first kappa shape index (κ1) is 21.4. The first-order valence-electron chi connectivity index (χ1n) is 9.06. The van der Waals surface area contributed by atoms with Gasteiger partial charge in [-0.05, 0) is 56.1 Å². The highest BCUT2D eigenvalue weighted by Crippen LogP contribution is 2.36. The van der Waals surface area contributed by atoms with Crippen LogP contribution in [-0.4, -0.2) is 24.7 Å². The van der Waals surface area contributed by atoms with Gasteiger partial charge in [0.15, 0.2) is 11.5 Å². The van der Waals surface area contributed by atoms with E-state index in [4.69, 9.17) is 21.1 Å². The fourth-order valence-electron chi connectivity index (χ4n) is 3.07. The van der Waals surface area contributed by atoms with Crippen LogP contribution in [0.5, 0.6) is 11.5 Å². The first-order chi connectivity index (χ1) is 12.7. The highest BCUT2D eigenvalue weighted by Gasteiger charge is 2.12. The van der Waals surface area contributed by atoms with Crippen molar-refractivity contribution in [2.45, 2.75) is 26.8 Å². The maximum atomic E-state index is 6.37. The summed E-state index contributed by atoms with van der Waals surface area (Å²) in [6, 6.07) is 12.3. The molecule has 0 saturated heterocycles. The summed E-state index contributed by atoms with van der Waals surface area (Å²) in [7, 11) is 0. The van der Waals surface area contributed by atoms with Crippen molar-refractivity contribution < 1.29 is 9.47 Å². The Hall–Kier alpha value is -1.88. The van der Waals surface area contributed by atoms with E-state index in [1.165, 1.54) is 16.5 Å². The molecular formula is C21H26Cl2N2O2. The summed E-state index contributed by atoms with van der Waals surface area (Å²) in [5.41, 5.74) is 3.59. The summed E-state index contributed by atoms with van der Waals surface area (Å²) in [6.07, 6.45) is 3.06. The summed E-state index contributed by atoms with van der Waals surface area (Å²) in [5.74, 6) is 1.33. The molecule has 3 aromatic rings. The fraction of sp³-hybridized carbons (Fsp3) is 0.333. The Balaban J connectivity index is 0.00000261. The van der Waals surface area contributed by atoms with Crippen LogP contribution >= 0.6 is 24.0 Å². The van der Waals surface area contributed by atoms with Gasteiger partial charge in [-0.25, -0.2) is 0 Å². The highest BCUT2D eigenvalue weighted by atomic mass is 35.5. The number of benzene rings is 2. The van der Waals surface area contributed by atoms with Gasteiger partial charge in [0.05, 0.1) is 18.2 Å². The van der Waals surface area contributed by atoms with Crippen LogP contribution < -0.4 is 14.8 Å². The minimum Gasteiger partial charge on any atom is -0.490 e. The number of ether oxygens (including phenoxy) is 2. The maximum absolute atomic E-state index is 6.37. The second-order valence-corrected chi connectivity index (χ2v) is 6.46. The molecule has 0 radical (unpaired) electrons. The van der Waals surface area contributed by atoms with Gasteiger partial charge in [0.2, 0.25) is 0 Å². The third-order valence-corrected chi connectivity index (χ3v) is 4.51. The van der Waals surface area contributed by atoms with E-state index < -0.39 is 0 Å². The van der Waals surface area contributed by atoms with Gasteiger partial charge in [0.25, 0.3) is 0 Å². The fourth-order valence-corrected chi connectivity index (χ4v) is 3.35. The number of rotatable bonds is 9. The number of para-hydroxylation sites is 1. The van der Waals surface area contributed by atoms with Crippen molar-refractivity contribution in [1.82, 2.24) is 10.3 Å². The summed E-state index contributed by atoms with van der Waals surface area (Å²) in [4.78, 5) is 3.32. The van der Waals surface area contributed by atoms with Crippen LogP contribution in [0, 0.1) is 0 Å². The molecule has 6 heteroatoms. The Morgan fingerprint density at radius 2 is 1.85 bits per heavy atom. The SMILES string of the molecule is CCOc1cc(CNCCc2c[nH]c3ccccc23)cc(Cl)c1OCC.Cl. The lowest BCUT2D eigenvalue weighted by Crippen LogP contribution is -2.16. The topological polar surface area (TPSA) is 46.3 Å². The van der Waals surface area contributed by atoms with E-state index >= 15 is 0 Å². The molecule has 146 valence electrons. The van der Waals surface area contributed by atoms with Crippen molar-refractivity contribution in [3.05, 3.63) is 58.7 Å². The van der Waals surface area contributed by atoms with E-state index in [2.05, 4.69) is 34.7 Å². The number of hydrogen-bond acceptors (Lipinski definition) is 3. The normalized spacial score (nSPS) is 10.6. The minimum atomic E-state index is 0. The van der Waals surface area contributed by atoms with Crippen LogP contribution in [0.1, 0.15) is 25.0 Å². The lowest BCUT2D eigenvalue weighted by molar-refractivity contribution is 0.287. The summed E-state index contributed by atoms with van der Waals surface area (Å²) < 4.78 is 11.3. The van der Waals surface area contributed by atoms with Crippen LogP contribution in [0.15, 0.2) is 42.6 Å². The molecule has 0 aliphatic carbocycles. The van der Waals surface area contributed by atoms with Gasteiger partial charge in [0, 0.05) is 23.6 Å². The maximum Gasteiger partial charge on any atom is 0.179 e. The van der Waals surface area contributed by atoms with Gasteiger partial charge >= 0.3 is 0 Å². The van der Waals surface area contributed by atoms with Crippen LogP contribution in [0.2, 0.25) is 5.02 Å². The van der Waals surface area contributed by atoms with E-state index in [0.29, 0.717) is 29.7 Å². The van der Waals surface area contributed by atoms with E-state index in [9.17, 15) is 0 Å². The van der Waals surface area contributed by atoms with Gasteiger partial charge in [0.1, 0.15) is 0 Å². The third-order valence-electron chi connectivity index (χ3n) is 4.23. The number of fused-ring (bicyclic) bond motifs is 1. The smallest absolute Gasteiger partial charge is 0.179 e. The van der Waals surface area contributed by atoms with E-state index in [1.54, 1.807) is 0 Å². The molecule has 0 bridgehead atoms. The third kappa shape index (κ3) is 5.32. The van der Waals surface area contributed by atoms with Crippen LogP contribution in [0.3, 0.4) is 0 Å².